The molecule has 3 rings (SSSR count). The van der Waals surface area contributed by atoms with Gasteiger partial charge in [-0.15, -0.1) is 12.4 Å². The van der Waals surface area contributed by atoms with Gasteiger partial charge in [0.25, 0.3) is 0 Å². The molecule has 0 radical (unpaired) electrons. The highest BCUT2D eigenvalue weighted by molar-refractivity contribution is 5.85. The van der Waals surface area contributed by atoms with E-state index in [0.29, 0.717) is 0 Å². The molecule has 0 spiro atoms. The number of aliphatic hydroxyl groups excluding tert-OH is 1. The number of halogens is 1. The van der Waals surface area contributed by atoms with Crippen molar-refractivity contribution in [3.8, 4) is 0 Å². The molecule has 4 nitrogen and oxygen atoms in total. The van der Waals surface area contributed by atoms with Gasteiger partial charge in [-0.05, 0) is 30.0 Å². The highest BCUT2D eigenvalue weighted by atomic mass is 35.5. The average molecular weight is 347 g/mol. The number of amides is 1. The number of hydrogen-bond donors (Lipinski definition) is 3. The molecule has 2 aromatic rings. The lowest BCUT2D eigenvalue weighted by Crippen LogP contribution is -2.42. The van der Waals surface area contributed by atoms with E-state index < -0.39 is 6.10 Å². The van der Waals surface area contributed by atoms with E-state index in [9.17, 15) is 9.90 Å². The van der Waals surface area contributed by atoms with Crippen LogP contribution >= 0.6 is 12.4 Å². The second-order valence-electron chi connectivity index (χ2n) is 6.01. The molecule has 2 atom stereocenters. The van der Waals surface area contributed by atoms with Gasteiger partial charge in [0.15, 0.2) is 0 Å². The van der Waals surface area contributed by atoms with E-state index in [2.05, 4.69) is 16.7 Å². The fourth-order valence-corrected chi connectivity index (χ4v) is 2.94. The van der Waals surface area contributed by atoms with Gasteiger partial charge in [0, 0.05) is 13.1 Å². The third-order valence-electron chi connectivity index (χ3n) is 4.30. The molecule has 1 amide bonds. The van der Waals surface area contributed by atoms with Crippen LogP contribution in [0.25, 0.3) is 0 Å². The molecular formula is C19H23ClN2O2. The average Bonchev–Trinajstić information content (AvgIpc) is 2.59. The van der Waals surface area contributed by atoms with Crippen LogP contribution in [-0.2, 0) is 11.2 Å². The Labute approximate surface area is 148 Å². The number of nitrogens with one attached hydrogen (secondary N) is 2. The summed E-state index contributed by atoms with van der Waals surface area (Å²) in [5.74, 6) is -0.0942. The number of aryl methyl sites for hydroxylation is 1. The third-order valence-corrected chi connectivity index (χ3v) is 4.30. The molecule has 2 aromatic carbocycles. The first-order chi connectivity index (χ1) is 11.1. The lowest BCUT2D eigenvalue weighted by atomic mass is 9.94. The molecule has 24 heavy (non-hydrogen) atoms. The van der Waals surface area contributed by atoms with Crippen LogP contribution < -0.4 is 10.6 Å². The zero-order valence-corrected chi connectivity index (χ0v) is 14.5. The van der Waals surface area contributed by atoms with E-state index in [-0.39, 0.29) is 30.9 Å². The molecule has 3 N–H and O–H groups in total. The van der Waals surface area contributed by atoms with Crippen molar-refractivity contribution in [2.45, 2.75) is 25.5 Å². The van der Waals surface area contributed by atoms with Gasteiger partial charge in [-0.25, -0.2) is 0 Å². The summed E-state index contributed by atoms with van der Waals surface area (Å²) in [6.45, 7) is 3.00. The van der Waals surface area contributed by atoms with Gasteiger partial charge in [-0.1, -0.05) is 54.1 Å². The number of hydrogen-bond acceptors (Lipinski definition) is 3. The van der Waals surface area contributed by atoms with Gasteiger partial charge < -0.3 is 15.7 Å². The zero-order valence-electron chi connectivity index (χ0n) is 13.7. The standard InChI is InChI=1S/C19H22N2O2.ClH/c1-13-6-8-15(9-7-13)17(22)12-21-19(23)18-16-5-3-2-4-14(16)10-11-20-18;/h2-9,17-18,20,22H,10-12H2,1H3,(H,21,23);1H. The predicted octanol–water partition coefficient (Wildman–Crippen LogP) is 2.45. The third kappa shape index (κ3) is 4.15. The molecule has 1 aliphatic rings. The van der Waals surface area contributed by atoms with Gasteiger partial charge >= 0.3 is 0 Å². The smallest absolute Gasteiger partial charge is 0.241 e. The van der Waals surface area contributed by atoms with Crippen LogP contribution in [0.15, 0.2) is 48.5 Å². The van der Waals surface area contributed by atoms with Crippen molar-refractivity contribution in [2.75, 3.05) is 13.1 Å². The summed E-state index contributed by atoms with van der Waals surface area (Å²) in [4.78, 5) is 12.5. The summed E-state index contributed by atoms with van der Waals surface area (Å²) in [6.07, 6.45) is 0.241. The number of carbonyl (C=O) groups excluding carboxylic acids is 1. The second-order valence-corrected chi connectivity index (χ2v) is 6.01. The Morgan fingerprint density at radius 3 is 2.71 bits per heavy atom. The molecule has 128 valence electrons. The van der Waals surface area contributed by atoms with E-state index >= 15 is 0 Å². The summed E-state index contributed by atoms with van der Waals surface area (Å²) < 4.78 is 0. The highest BCUT2D eigenvalue weighted by Gasteiger charge is 2.25. The first kappa shape index (κ1) is 18.5. The highest BCUT2D eigenvalue weighted by Crippen LogP contribution is 2.23. The molecule has 1 aliphatic heterocycles. The predicted molar refractivity (Wildman–Crippen MR) is 97.3 cm³/mol. The number of aliphatic hydroxyl groups is 1. The van der Waals surface area contributed by atoms with E-state index in [1.807, 2.05) is 49.4 Å². The molecule has 0 bridgehead atoms. The lowest BCUT2D eigenvalue weighted by Gasteiger charge is -2.26. The minimum absolute atomic E-state index is 0. The molecule has 0 saturated carbocycles. The Morgan fingerprint density at radius 2 is 1.96 bits per heavy atom. The lowest BCUT2D eigenvalue weighted by molar-refractivity contribution is -0.123. The summed E-state index contributed by atoms with van der Waals surface area (Å²) in [5.41, 5.74) is 4.20. The molecule has 1 heterocycles. The Hall–Kier alpha value is -1.88. The summed E-state index contributed by atoms with van der Waals surface area (Å²) in [6, 6.07) is 15.4. The molecule has 0 aliphatic carbocycles. The van der Waals surface area contributed by atoms with Crippen molar-refractivity contribution in [1.82, 2.24) is 10.6 Å². The molecule has 5 heteroatoms. The monoisotopic (exact) mass is 346 g/mol. The van der Waals surface area contributed by atoms with Crippen LogP contribution in [0.5, 0.6) is 0 Å². The molecule has 0 saturated heterocycles. The first-order valence-electron chi connectivity index (χ1n) is 7.98. The van der Waals surface area contributed by atoms with E-state index in [4.69, 9.17) is 0 Å². The Morgan fingerprint density at radius 1 is 1.25 bits per heavy atom. The largest absolute Gasteiger partial charge is 0.387 e. The zero-order chi connectivity index (χ0) is 16.2. The minimum Gasteiger partial charge on any atom is -0.387 e. The van der Waals surface area contributed by atoms with E-state index in [0.717, 1.165) is 29.7 Å². The van der Waals surface area contributed by atoms with Crippen molar-refractivity contribution in [2.24, 2.45) is 0 Å². The minimum atomic E-state index is -0.696. The Balaban J connectivity index is 0.00000208. The van der Waals surface area contributed by atoms with E-state index in [1.54, 1.807) is 0 Å². The Bertz CT molecular complexity index is 688. The van der Waals surface area contributed by atoms with Crippen molar-refractivity contribution in [1.29, 1.82) is 0 Å². The number of benzene rings is 2. The normalized spacial score (nSPS) is 17.3. The van der Waals surface area contributed by atoms with Crippen molar-refractivity contribution < 1.29 is 9.90 Å². The molecule has 0 aromatic heterocycles. The van der Waals surface area contributed by atoms with Gasteiger partial charge in [-0.3, -0.25) is 4.79 Å². The van der Waals surface area contributed by atoms with Gasteiger partial charge in [-0.2, -0.15) is 0 Å². The molecular weight excluding hydrogens is 324 g/mol. The Kier molecular flexibility index (Phi) is 6.37. The van der Waals surface area contributed by atoms with Gasteiger partial charge in [0.05, 0.1) is 6.10 Å². The number of fused-ring (bicyclic) bond motifs is 1. The van der Waals surface area contributed by atoms with Gasteiger partial charge in [0.2, 0.25) is 5.91 Å². The first-order valence-corrected chi connectivity index (χ1v) is 7.98. The van der Waals surface area contributed by atoms with Gasteiger partial charge in [0.1, 0.15) is 6.04 Å². The maximum absolute atomic E-state index is 12.5. The topological polar surface area (TPSA) is 61.4 Å². The van der Waals surface area contributed by atoms with Crippen LogP contribution in [0.4, 0.5) is 0 Å². The van der Waals surface area contributed by atoms with Crippen LogP contribution in [-0.4, -0.2) is 24.1 Å². The van der Waals surface area contributed by atoms with Crippen molar-refractivity contribution in [3.63, 3.8) is 0 Å². The summed E-state index contributed by atoms with van der Waals surface area (Å²) in [5, 5.41) is 16.3. The van der Waals surface area contributed by atoms with Crippen LogP contribution in [0.3, 0.4) is 0 Å². The number of rotatable bonds is 4. The summed E-state index contributed by atoms with van der Waals surface area (Å²) >= 11 is 0. The maximum Gasteiger partial charge on any atom is 0.241 e. The fraction of sp³-hybridized carbons (Fsp3) is 0.316. The quantitative estimate of drug-likeness (QED) is 0.797. The molecule has 2 unspecified atom stereocenters. The van der Waals surface area contributed by atoms with Crippen molar-refractivity contribution >= 4 is 18.3 Å². The van der Waals surface area contributed by atoms with Crippen molar-refractivity contribution in [3.05, 3.63) is 70.8 Å². The van der Waals surface area contributed by atoms with E-state index in [1.165, 1.54) is 5.56 Å². The van der Waals surface area contributed by atoms with Crippen LogP contribution in [0.2, 0.25) is 0 Å². The second kappa shape index (κ2) is 8.29. The maximum atomic E-state index is 12.5. The summed E-state index contributed by atoms with van der Waals surface area (Å²) in [7, 11) is 0. The SMILES string of the molecule is Cc1ccc(C(O)CNC(=O)C2NCCc3ccccc32)cc1.Cl. The number of carbonyl (C=O) groups is 1. The fourth-order valence-electron chi connectivity index (χ4n) is 2.94. The molecule has 0 fully saturated rings. The van der Waals surface area contributed by atoms with Crippen LogP contribution in [0.1, 0.15) is 34.4 Å². The van der Waals surface area contributed by atoms with Crippen LogP contribution in [0, 0.1) is 6.92 Å².